The van der Waals surface area contributed by atoms with Gasteiger partial charge in [0.25, 0.3) is 5.76 Å². The highest BCUT2D eigenvalue weighted by molar-refractivity contribution is 7.99. The van der Waals surface area contributed by atoms with Crippen LogP contribution in [0, 0.1) is 16.2 Å². The average Bonchev–Trinajstić information content (AvgIpc) is 2.79. The minimum absolute atomic E-state index is 0.142. The van der Waals surface area contributed by atoms with Gasteiger partial charge in [-0.25, -0.2) is 0 Å². The molecule has 0 unspecified atom stereocenters. The van der Waals surface area contributed by atoms with Gasteiger partial charge in [-0.3, -0.25) is 9.59 Å². The van der Waals surface area contributed by atoms with Crippen molar-refractivity contribution in [1.82, 2.24) is 0 Å². The Hall–Kier alpha value is -1.43. The predicted octanol–water partition coefficient (Wildman–Crippen LogP) is 4.73. The molecular weight excluding hydrogens is 332 g/mol. The van der Waals surface area contributed by atoms with Crippen LogP contribution >= 0.6 is 11.8 Å². The van der Waals surface area contributed by atoms with Crippen molar-refractivity contribution < 1.29 is 18.4 Å². The van der Waals surface area contributed by atoms with Crippen molar-refractivity contribution in [2.24, 2.45) is 16.2 Å². The highest BCUT2D eigenvalue weighted by Gasteiger charge is 2.72. The SMILES string of the molecule is CC1(C)[C@@]2(C(=O)Nc3ccc(SC(F)F)cc3)CC[C@]1(C)C(=O)C2. The molecule has 1 aromatic rings. The summed E-state index contributed by atoms with van der Waals surface area (Å²) in [5, 5.41) is 2.89. The molecule has 2 fully saturated rings. The molecule has 24 heavy (non-hydrogen) atoms. The molecule has 1 aromatic carbocycles. The number of carbonyl (C=O) groups is 2. The fourth-order valence-electron chi connectivity index (χ4n) is 4.33. The van der Waals surface area contributed by atoms with Crippen LogP contribution in [0.1, 0.15) is 40.0 Å². The zero-order valence-corrected chi connectivity index (χ0v) is 14.8. The lowest BCUT2D eigenvalue weighted by Crippen LogP contribution is -2.43. The van der Waals surface area contributed by atoms with E-state index in [0.717, 1.165) is 6.42 Å². The molecule has 6 heteroatoms. The number of hydrogen-bond donors (Lipinski definition) is 1. The van der Waals surface area contributed by atoms with Gasteiger partial charge in [0.15, 0.2) is 0 Å². The van der Waals surface area contributed by atoms with E-state index in [9.17, 15) is 18.4 Å². The topological polar surface area (TPSA) is 46.2 Å². The maximum Gasteiger partial charge on any atom is 0.288 e. The van der Waals surface area contributed by atoms with Crippen LogP contribution in [0.25, 0.3) is 0 Å². The van der Waals surface area contributed by atoms with Crippen LogP contribution in [0.15, 0.2) is 29.2 Å². The van der Waals surface area contributed by atoms with Gasteiger partial charge in [-0.15, -0.1) is 0 Å². The first-order valence-corrected chi connectivity index (χ1v) is 8.90. The van der Waals surface area contributed by atoms with Gasteiger partial charge in [0.05, 0.1) is 5.41 Å². The summed E-state index contributed by atoms with van der Waals surface area (Å²) in [6.45, 7) is 5.98. The normalized spacial score (nSPS) is 30.8. The molecule has 2 bridgehead atoms. The fourth-order valence-corrected chi connectivity index (χ4v) is 4.83. The zero-order chi connectivity index (χ0) is 17.8. The number of halogens is 2. The fraction of sp³-hybridized carbons (Fsp3) is 0.556. The van der Waals surface area contributed by atoms with Gasteiger partial charge in [-0.05, 0) is 42.5 Å². The molecule has 0 spiro atoms. The molecule has 2 aliphatic rings. The first kappa shape index (κ1) is 17.4. The summed E-state index contributed by atoms with van der Waals surface area (Å²) in [6, 6.07) is 6.37. The number of hydrogen-bond acceptors (Lipinski definition) is 3. The Morgan fingerprint density at radius 3 is 2.25 bits per heavy atom. The van der Waals surface area contributed by atoms with Crippen molar-refractivity contribution in [3.05, 3.63) is 24.3 Å². The molecule has 0 saturated heterocycles. The second kappa shape index (κ2) is 5.55. The average molecular weight is 353 g/mol. The van der Waals surface area contributed by atoms with Crippen molar-refractivity contribution in [2.45, 2.75) is 50.7 Å². The van der Waals surface area contributed by atoms with Crippen LogP contribution in [0.4, 0.5) is 14.5 Å². The third kappa shape index (κ3) is 2.30. The molecule has 130 valence electrons. The number of rotatable bonds is 4. The first-order valence-electron chi connectivity index (χ1n) is 8.02. The number of benzene rings is 1. The smallest absolute Gasteiger partial charge is 0.288 e. The summed E-state index contributed by atoms with van der Waals surface area (Å²) >= 11 is 0.471. The van der Waals surface area contributed by atoms with Crippen molar-refractivity contribution in [1.29, 1.82) is 0 Å². The Morgan fingerprint density at radius 2 is 1.79 bits per heavy atom. The maximum absolute atomic E-state index is 13.0. The highest BCUT2D eigenvalue weighted by Crippen LogP contribution is 2.70. The van der Waals surface area contributed by atoms with E-state index in [2.05, 4.69) is 5.32 Å². The van der Waals surface area contributed by atoms with E-state index in [0.29, 0.717) is 28.8 Å². The summed E-state index contributed by atoms with van der Waals surface area (Å²) in [7, 11) is 0. The van der Waals surface area contributed by atoms with Gasteiger partial charge in [0, 0.05) is 22.4 Å². The number of fused-ring (bicyclic) bond motifs is 2. The Kier molecular flexibility index (Phi) is 4.02. The molecule has 3 rings (SSSR count). The Morgan fingerprint density at radius 1 is 1.17 bits per heavy atom. The minimum atomic E-state index is -2.47. The van der Waals surface area contributed by atoms with Gasteiger partial charge in [0.2, 0.25) is 5.91 Å². The van der Waals surface area contributed by atoms with Gasteiger partial charge in [-0.1, -0.05) is 32.5 Å². The standard InChI is InChI=1S/C18H21F2NO2S/c1-16(2)17(3)8-9-18(16,10-13(17)22)14(23)21-11-4-6-12(7-5-11)24-15(19)20/h4-7,15H,8-10H2,1-3H3,(H,21,23)/t17-,18+/m1/s1. The number of amides is 1. The van der Waals surface area contributed by atoms with E-state index >= 15 is 0 Å². The molecule has 0 aromatic heterocycles. The molecule has 2 atom stereocenters. The molecule has 1 amide bonds. The van der Waals surface area contributed by atoms with E-state index in [4.69, 9.17) is 0 Å². The summed E-state index contributed by atoms with van der Waals surface area (Å²) in [4.78, 5) is 25.9. The maximum atomic E-state index is 13.0. The largest absolute Gasteiger partial charge is 0.326 e. The van der Waals surface area contributed by atoms with Crippen LogP contribution in [0.3, 0.4) is 0 Å². The third-order valence-corrected chi connectivity index (χ3v) is 7.20. The quantitative estimate of drug-likeness (QED) is 0.796. The number of carbonyl (C=O) groups excluding carboxylic acids is 2. The number of ketones is 1. The van der Waals surface area contributed by atoms with Crippen LogP contribution in [-0.4, -0.2) is 17.4 Å². The van der Waals surface area contributed by atoms with E-state index < -0.39 is 22.0 Å². The van der Waals surface area contributed by atoms with Crippen LogP contribution in [0.5, 0.6) is 0 Å². The molecule has 0 heterocycles. The minimum Gasteiger partial charge on any atom is -0.326 e. The van der Waals surface area contributed by atoms with Crippen LogP contribution < -0.4 is 5.32 Å². The third-order valence-electron chi connectivity index (χ3n) is 6.48. The first-order chi connectivity index (χ1) is 11.1. The van der Waals surface area contributed by atoms with Gasteiger partial charge < -0.3 is 5.32 Å². The molecule has 1 N–H and O–H groups in total. The van der Waals surface area contributed by atoms with E-state index in [1.165, 1.54) is 0 Å². The van der Waals surface area contributed by atoms with E-state index in [-0.39, 0.29) is 18.1 Å². The number of alkyl halides is 2. The number of thioether (sulfide) groups is 1. The monoisotopic (exact) mass is 353 g/mol. The molecule has 0 aliphatic heterocycles. The second-order valence-electron chi connectivity index (χ2n) is 7.50. The summed E-state index contributed by atoms with van der Waals surface area (Å²) < 4.78 is 24.7. The number of anilines is 1. The van der Waals surface area contributed by atoms with Gasteiger partial charge >= 0.3 is 0 Å². The molecule has 2 saturated carbocycles. The second-order valence-corrected chi connectivity index (χ2v) is 8.56. The molecule has 2 aliphatic carbocycles. The Balaban J connectivity index is 1.79. The van der Waals surface area contributed by atoms with Gasteiger partial charge in [-0.2, -0.15) is 8.78 Å². The predicted molar refractivity (Wildman–Crippen MR) is 90.1 cm³/mol. The highest BCUT2D eigenvalue weighted by atomic mass is 32.2. The van der Waals surface area contributed by atoms with E-state index in [1.807, 2.05) is 20.8 Å². The molecular formula is C18H21F2NO2S. The lowest BCUT2D eigenvalue weighted by atomic mass is 9.64. The lowest BCUT2D eigenvalue weighted by molar-refractivity contribution is -0.131. The number of Topliss-reactive ketones (excluding diaryl/α,β-unsaturated/α-hetero) is 1. The Bertz CT molecular complexity index is 689. The van der Waals surface area contributed by atoms with Crippen molar-refractivity contribution >= 4 is 29.1 Å². The zero-order valence-electron chi connectivity index (χ0n) is 14.0. The van der Waals surface area contributed by atoms with E-state index in [1.54, 1.807) is 24.3 Å². The van der Waals surface area contributed by atoms with Crippen molar-refractivity contribution in [3.63, 3.8) is 0 Å². The number of nitrogens with one attached hydrogen (secondary N) is 1. The summed E-state index contributed by atoms with van der Waals surface area (Å²) in [5.41, 5.74) is -0.957. The summed E-state index contributed by atoms with van der Waals surface area (Å²) in [6.07, 6.45) is 1.71. The van der Waals surface area contributed by atoms with Crippen LogP contribution in [-0.2, 0) is 9.59 Å². The molecule has 0 radical (unpaired) electrons. The van der Waals surface area contributed by atoms with Crippen molar-refractivity contribution in [3.8, 4) is 0 Å². The van der Waals surface area contributed by atoms with Crippen LogP contribution in [0.2, 0.25) is 0 Å². The van der Waals surface area contributed by atoms with Crippen molar-refractivity contribution in [2.75, 3.05) is 5.32 Å². The lowest BCUT2D eigenvalue weighted by Gasteiger charge is -2.38. The van der Waals surface area contributed by atoms with Gasteiger partial charge in [0.1, 0.15) is 5.78 Å². The summed E-state index contributed by atoms with van der Waals surface area (Å²) in [5.74, 6) is -2.44. The molecule has 3 nitrogen and oxygen atoms in total. The Labute approximate surface area is 144 Å².